The summed E-state index contributed by atoms with van der Waals surface area (Å²) < 4.78 is 0. The number of nitrogens with zero attached hydrogens (tertiary/aromatic N) is 1. The number of para-hydroxylation sites is 1. The lowest BCUT2D eigenvalue weighted by Gasteiger charge is -2.26. The van der Waals surface area contributed by atoms with E-state index in [0.717, 1.165) is 17.7 Å². The molecule has 0 bridgehead atoms. The van der Waals surface area contributed by atoms with Crippen molar-refractivity contribution in [2.75, 3.05) is 4.90 Å². The van der Waals surface area contributed by atoms with Gasteiger partial charge in [-0.25, -0.2) is 4.79 Å². The van der Waals surface area contributed by atoms with E-state index in [-0.39, 0.29) is 23.6 Å². The highest BCUT2D eigenvalue weighted by Crippen LogP contribution is 2.32. The molecule has 5 heteroatoms. The molecule has 2 unspecified atom stereocenters. The third-order valence-corrected chi connectivity index (χ3v) is 4.63. The van der Waals surface area contributed by atoms with Crippen LogP contribution in [0.1, 0.15) is 35.3 Å². The number of carbonyl (C=O) groups is 2. The van der Waals surface area contributed by atoms with Crippen molar-refractivity contribution in [2.24, 2.45) is 0 Å². The van der Waals surface area contributed by atoms with E-state index in [0.29, 0.717) is 6.54 Å². The summed E-state index contributed by atoms with van der Waals surface area (Å²) >= 11 is 0. The molecule has 2 aromatic carbocycles. The fraction of sp³-hybridized carbons (Fsp3) is 0.300. The molecule has 0 aromatic heterocycles. The molecular formula is C20H22N2O3. The minimum atomic E-state index is -0.940. The number of hydrogen-bond donors (Lipinski definition) is 2. The summed E-state index contributed by atoms with van der Waals surface area (Å²) in [5, 5.41) is 12.2. The Kier molecular flexibility index (Phi) is 4.86. The van der Waals surface area contributed by atoms with Crippen molar-refractivity contribution in [1.82, 2.24) is 5.32 Å². The number of carboxylic acid groups (broad SMARTS) is 1. The van der Waals surface area contributed by atoms with Gasteiger partial charge in [0.2, 0.25) is 5.91 Å². The van der Waals surface area contributed by atoms with Gasteiger partial charge in [0.1, 0.15) is 0 Å². The summed E-state index contributed by atoms with van der Waals surface area (Å²) in [7, 11) is 0. The van der Waals surface area contributed by atoms with Gasteiger partial charge in [-0.2, -0.15) is 0 Å². The second kappa shape index (κ2) is 7.07. The maximum absolute atomic E-state index is 12.9. The standard InChI is InChI=1S/C20H22N2O3/c1-13-11-17-5-3-4-6-18(17)22(13)19(23)14(2)21-12-15-7-9-16(10-8-15)20(24)25/h3-10,13-14,21H,11-12H2,1-2H3,(H,24,25). The zero-order chi connectivity index (χ0) is 18.0. The molecule has 3 rings (SSSR count). The molecule has 2 N–H and O–H groups in total. The summed E-state index contributed by atoms with van der Waals surface area (Å²) in [6, 6.07) is 14.5. The van der Waals surface area contributed by atoms with Gasteiger partial charge in [0.25, 0.3) is 0 Å². The molecule has 25 heavy (non-hydrogen) atoms. The molecule has 0 radical (unpaired) electrons. The predicted octanol–water partition coefficient (Wildman–Crippen LogP) is 2.84. The lowest BCUT2D eigenvalue weighted by atomic mass is 10.1. The Morgan fingerprint density at radius 1 is 1.20 bits per heavy atom. The lowest BCUT2D eigenvalue weighted by Crippen LogP contribution is -2.47. The van der Waals surface area contributed by atoms with E-state index in [1.54, 1.807) is 24.3 Å². The summed E-state index contributed by atoms with van der Waals surface area (Å²) in [6.45, 7) is 4.44. The maximum atomic E-state index is 12.9. The molecule has 2 atom stereocenters. The maximum Gasteiger partial charge on any atom is 0.335 e. The minimum Gasteiger partial charge on any atom is -0.478 e. The highest BCUT2D eigenvalue weighted by molar-refractivity contribution is 5.99. The number of anilines is 1. The molecule has 0 fully saturated rings. The Morgan fingerprint density at radius 3 is 2.56 bits per heavy atom. The monoisotopic (exact) mass is 338 g/mol. The second-order valence-electron chi connectivity index (χ2n) is 6.49. The van der Waals surface area contributed by atoms with Gasteiger partial charge >= 0.3 is 5.97 Å². The van der Waals surface area contributed by atoms with Crippen LogP contribution in [0.5, 0.6) is 0 Å². The fourth-order valence-corrected chi connectivity index (χ4v) is 3.23. The summed E-state index contributed by atoms with van der Waals surface area (Å²) in [5.74, 6) is -0.885. The average molecular weight is 338 g/mol. The molecule has 0 aliphatic carbocycles. The van der Waals surface area contributed by atoms with Crippen LogP contribution in [0.4, 0.5) is 5.69 Å². The molecule has 1 amide bonds. The number of benzene rings is 2. The highest BCUT2D eigenvalue weighted by atomic mass is 16.4. The first-order chi connectivity index (χ1) is 12.0. The van der Waals surface area contributed by atoms with Gasteiger partial charge in [-0.05, 0) is 49.6 Å². The smallest absolute Gasteiger partial charge is 0.335 e. The van der Waals surface area contributed by atoms with Gasteiger partial charge in [0.15, 0.2) is 0 Å². The number of hydrogen-bond acceptors (Lipinski definition) is 3. The van der Waals surface area contributed by atoms with Gasteiger partial charge < -0.3 is 15.3 Å². The van der Waals surface area contributed by atoms with Crippen molar-refractivity contribution in [3.63, 3.8) is 0 Å². The molecule has 130 valence electrons. The summed E-state index contributed by atoms with van der Waals surface area (Å²) in [5.41, 5.74) is 3.41. The van der Waals surface area contributed by atoms with E-state index in [4.69, 9.17) is 5.11 Å². The number of amides is 1. The van der Waals surface area contributed by atoms with Crippen LogP contribution in [0, 0.1) is 0 Å². The molecule has 0 saturated heterocycles. The van der Waals surface area contributed by atoms with Gasteiger partial charge in [-0.3, -0.25) is 4.79 Å². The third-order valence-electron chi connectivity index (χ3n) is 4.63. The zero-order valence-corrected chi connectivity index (χ0v) is 14.4. The molecule has 1 heterocycles. The first kappa shape index (κ1) is 17.2. The van der Waals surface area contributed by atoms with Gasteiger partial charge in [-0.1, -0.05) is 30.3 Å². The van der Waals surface area contributed by atoms with Crippen molar-refractivity contribution in [2.45, 2.75) is 38.9 Å². The summed E-state index contributed by atoms with van der Waals surface area (Å²) in [4.78, 5) is 25.6. The normalized spacial score (nSPS) is 17.2. The van der Waals surface area contributed by atoms with Crippen molar-refractivity contribution >= 4 is 17.6 Å². The quantitative estimate of drug-likeness (QED) is 0.879. The van der Waals surface area contributed by atoms with E-state index in [2.05, 4.69) is 18.3 Å². The molecular weight excluding hydrogens is 316 g/mol. The van der Waals surface area contributed by atoms with Crippen LogP contribution in [0.25, 0.3) is 0 Å². The number of nitrogens with one attached hydrogen (secondary N) is 1. The van der Waals surface area contributed by atoms with Crippen LogP contribution >= 0.6 is 0 Å². The molecule has 0 spiro atoms. The van der Waals surface area contributed by atoms with E-state index < -0.39 is 5.97 Å². The number of carboxylic acids is 1. The Labute approximate surface area is 147 Å². The van der Waals surface area contributed by atoms with Gasteiger partial charge in [0.05, 0.1) is 11.6 Å². The molecule has 0 saturated carbocycles. The highest BCUT2D eigenvalue weighted by Gasteiger charge is 2.32. The SMILES string of the molecule is CC(NCc1ccc(C(=O)O)cc1)C(=O)N1c2ccccc2CC1C. The first-order valence-corrected chi connectivity index (χ1v) is 8.44. The Bertz CT molecular complexity index is 786. The third kappa shape index (κ3) is 3.56. The Morgan fingerprint density at radius 2 is 1.88 bits per heavy atom. The van der Waals surface area contributed by atoms with Crippen LogP contribution in [-0.2, 0) is 17.8 Å². The number of rotatable bonds is 5. The lowest BCUT2D eigenvalue weighted by molar-refractivity contribution is -0.120. The first-order valence-electron chi connectivity index (χ1n) is 8.44. The number of aromatic carboxylic acids is 1. The topological polar surface area (TPSA) is 69.6 Å². The Balaban J connectivity index is 1.64. The number of fused-ring (bicyclic) bond motifs is 1. The largest absolute Gasteiger partial charge is 0.478 e. The summed E-state index contributed by atoms with van der Waals surface area (Å²) in [6.07, 6.45) is 0.880. The van der Waals surface area contributed by atoms with Crippen molar-refractivity contribution in [1.29, 1.82) is 0 Å². The molecule has 1 aliphatic heterocycles. The Hall–Kier alpha value is -2.66. The van der Waals surface area contributed by atoms with Crippen molar-refractivity contribution in [3.8, 4) is 0 Å². The van der Waals surface area contributed by atoms with Crippen LogP contribution in [0.15, 0.2) is 48.5 Å². The fourth-order valence-electron chi connectivity index (χ4n) is 3.23. The van der Waals surface area contributed by atoms with Gasteiger partial charge in [0, 0.05) is 18.3 Å². The van der Waals surface area contributed by atoms with E-state index in [1.807, 2.05) is 30.0 Å². The molecule has 2 aromatic rings. The second-order valence-corrected chi connectivity index (χ2v) is 6.49. The van der Waals surface area contributed by atoms with Crippen LogP contribution in [0.2, 0.25) is 0 Å². The average Bonchev–Trinajstić information content (AvgIpc) is 2.95. The van der Waals surface area contributed by atoms with E-state index in [1.165, 1.54) is 5.56 Å². The van der Waals surface area contributed by atoms with Crippen LogP contribution < -0.4 is 10.2 Å². The van der Waals surface area contributed by atoms with Crippen molar-refractivity contribution in [3.05, 3.63) is 65.2 Å². The van der Waals surface area contributed by atoms with Crippen LogP contribution in [0.3, 0.4) is 0 Å². The van der Waals surface area contributed by atoms with E-state index in [9.17, 15) is 9.59 Å². The van der Waals surface area contributed by atoms with Crippen LogP contribution in [-0.4, -0.2) is 29.1 Å². The van der Waals surface area contributed by atoms with E-state index >= 15 is 0 Å². The van der Waals surface area contributed by atoms with Crippen molar-refractivity contribution < 1.29 is 14.7 Å². The number of carbonyl (C=O) groups excluding carboxylic acids is 1. The minimum absolute atomic E-state index is 0.0552. The zero-order valence-electron chi connectivity index (χ0n) is 14.4. The molecule has 5 nitrogen and oxygen atoms in total. The van der Waals surface area contributed by atoms with Gasteiger partial charge in [-0.15, -0.1) is 0 Å². The molecule has 1 aliphatic rings. The predicted molar refractivity (Wildman–Crippen MR) is 96.8 cm³/mol.